The summed E-state index contributed by atoms with van der Waals surface area (Å²) < 4.78 is 26.2. The van der Waals surface area contributed by atoms with Gasteiger partial charge < -0.3 is 4.90 Å². The summed E-state index contributed by atoms with van der Waals surface area (Å²) in [5, 5.41) is 0. The minimum Gasteiger partial charge on any atom is -0.338 e. The highest BCUT2D eigenvalue weighted by atomic mass is 32.2. The molecule has 5 nitrogen and oxygen atoms in total. The van der Waals surface area contributed by atoms with Crippen LogP contribution in [0, 0.1) is 5.92 Å². The highest BCUT2D eigenvalue weighted by molar-refractivity contribution is 7.89. The van der Waals surface area contributed by atoms with Gasteiger partial charge in [0.15, 0.2) is 0 Å². The summed E-state index contributed by atoms with van der Waals surface area (Å²) >= 11 is 0. The van der Waals surface area contributed by atoms with E-state index in [1.165, 1.54) is 15.4 Å². The third-order valence-electron chi connectivity index (χ3n) is 5.51. The molecule has 1 amide bonds. The lowest BCUT2D eigenvalue weighted by atomic mass is 9.97. The number of sulfonamides is 1. The predicted octanol–water partition coefficient (Wildman–Crippen LogP) is 2.58. The molecule has 25 heavy (non-hydrogen) atoms. The maximum Gasteiger partial charge on any atom is 0.227 e. The highest BCUT2D eigenvalue weighted by Gasteiger charge is 2.36. The fraction of sp³-hybridized carbons (Fsp3) is 0.632. The summed E-state index contributed by atoms with van der Waals surface area (Å²) in [6, 6.07) is 8.42. The lowest BCUT2D eigenvalue weighted by molar-refractivity contribution is -0.137. The van der Waals surface area contributed by atoms with Crippen LogP contribution in [0.4, 0.5) is 0 Å². The first-order chi connectivity index (χ1) is 11.9. The minimum absolute atomic E-state index is 0.0816. The monoisotopic (exact) mass is 364 g/mol. The largest absolute Gasteiger partial charge is 0.338 e. The van der Waals surface area contributed by atoms with E-state index in [4.69, 9.17) is 0 Å². The molecule has 0 bridgehead atoms. The first-order valence-corrected chi connectivity index (χ1v) is 10.9. The zero-order chi connectivity index (χ0) is 18.0. The molecule has 0 radical (unpaired) electrons. The summed E-state index contributed by atoms with van der Waals surface area (Å²) in [7, 11) is -1.36. The second kappa shape index (κ2) is 7.46. The van der Waals surface area contributed by atoms with Gasteiger partial charge >= 0.3 is 0 Å². The molecule has 138 valence electrons. The molecule has 0 N–H and O–H groups in total. The van der Waals surface area contributed by atoms with Gasteiger partial charge in [0.2, 0.25) is 15.9 Å². The molecule has 3 rings (SSSR count). The summed E-state index contributed by atoms with van der Waals surface area (Å²) in [6.07, 6.45) is 4.09. The zero-order valence-electron chi connectivity index (χ0n) is 15.1. The Labute approximate surface area is 151 Å². The number of amides is 1. The normalized spacial score (nSPS) is 24.1. The molecular weight excluding hydrogens is 336 g/mol. The average Bonchev–Trinajstić information content (AvgIpc) is 3.04. The van der Waals surface area contributed by atoms with E-state index in [1.54, 1.807) is 0 Å². The molecule has 2 aliphatic rings. The van der Waals surface area contributed by atoms with Crippen LogP contribution in [0.2, 0.25) is 0 Å². The molecule has 1 fully saturated rings. The Morgan fingerprint density at radius 1 is 1.28 bits per heavy atom. The summed E-state index contributed by atoms with van der Waals surface area (Å²) in [5.41, 5.74) is 2.56. The average molecular weight is 365 g/mol. The molecule has 6 heteroatoms. The first kappa shape index (κ1) is 18.4. The number of hydrogen-bond acceptors (Lipinski definition) is 3. The maximum atomic E-state index is 13.0. The van der Waals surface area contributed by atoms with Crippen LogP contribution in [-0.4, -0.2) is 49.4 Å². The van der Waals surface area contributed by atoms with E-state index in [2.05, 4.69) is 12.1 Å². The molecule has 0 aromatic heterocycles. The van der Waals surface area contributed by atoms with Crippen molar-refractivity contribution in [1.29, 1.82) is 0 Å². The quantitative estimate of drug-likeness (QED) is 0.807. The smallest absolute Gasteiger partial charge is 0.227 e. The van der Waals surface area contributed by atoms with E-state index < -0.39 is 10.0 Å². The van der Waals surface area contributed by atoms with Gasteiger partial charge in [-0.25, -0.2) is 12.7 Å². The molecule has 2 atom stereocenters. The minimum atomic E-state index is -3.23. The van der Waals surface area contributed by atoms with Crippen molar-refractivity contribution in [2.45, 2.75) is 45.1 Å². The lowest BCUT2D eigenvalue weighted by Crippen LogP contribution is -2.46. The third-order valence-corrected chi connectivity index (χ3v) is 7.55. The molecule has 1 saturated heterocycles. The molecular formula is C19H28N2O3S. The Kier molecular flexibility index (Phi) is 5.49. The van der Waals surface area contributed by atoms with Crippen LogP contribution in [0.3, 0.4) is 0 Å². The number of carbonyl (C=O) groups is 1. The second-order valence-electron chi connectivity index (χ2n) is 7.22. The summed E-state index contributed by atoms with van der Waals surface area (Å²) in [6.45, 7) is 2.75. The lowest BCUT2D eigenvalue weighted by Gasteiger charge is -2.35. The van der Waals surface area contributed by atoms with Gasteiger partial charge in [-0.05, 0) is 43.2 Å². The van der Waals surface area contributed by atoms with E-state index in [1.807, 2.05) is 31.0 Å². The van der Waals surface area contributed by atoms with E-state index in [9.17, 15) is 13.2 Å². The number of aryl methyl sites for hydroxylation is 1. The molecule has 1 aromatic rings. The molecule has 1 aromatic carbocycles. The molecule has 2 unspecified atom stereocenters. The molecule has 0 saturated carbocycles. The fourth-order valence-corrected chi connectivity index (χ4v) is 5.75. The van der Waals surface area contributed by atoms with Crippen molar-refractivity contribution in [1.82, 2.24) is 9.21 Å². The topological polar surface area (TPSA) is 57.7 Å². The molecule has 1 heterocycles. The van der Waals surface area contributed by atoms with Crippen LogP contribution in [0.5, 0.6) is 0 Å². The van der Waals surface area contributed by atoms with Crippen LogP contribution in [0.25, 0.3) is 0 Å². The number of benzene rings is 1. The Balaban J connectivity index is 1.70. The van der Waals surface area contributed by atoms with Crippen molar-refractivity contribution in [3.8, 4) is 0 Å². The number of carbonyl (C=O) groups excluding carboxylic acids is 1. The number of nitrogens with zero attached hydrogens (tertiary/aromatic N) is 2. The molecule has 1 aliphatic heterocycles. The fourth-order valence-electron chi connectivity index (χ4n) is 4.16. The Morgan fingerprint density at radius 3 is 2.80 bits per heavy atom. The van der Waals surface area contributed by atoms with Crippen molar-refractivity contribution < 1.29 is 13.2 Å². The number of fused-ring (bicyclic) bond motifs is 1. The SMILES string of the molecule is CCCS(=O)(=O)N1CCCC(C(=O)N(C)C2CCc3ccccc32)C1. The van der Waals surface area contributed by atoms with Crippen molar-refractivity contribution in [3.05, 3.63) is 35.4 Å². The Hall–Kier alpha value is -1.40. The standard InChI is InChI=1S/C19H28N2O3S/c1-3-13-25(23,24)21-12-6-8-16(14-21)19(22)20(2)18-11-10-15-7-4-5-9-17(15)18/h4-5,7,9,16,18H,3,6,8,10-14H2,1-2H3. The van der Waals surface area contributed by atoms with E-state index >= 15 is 0 Å². The first-order valence-electron chi connectivity index (χ1n) is 9.26. The third kappa shape index (κ3) is 3.75. The van der Waals surface area contributed by atoms with Gasteiger partial charge in [-0.1, -0.05) is 31.2 Å². The number of piperidine rings is 1. The maximum absolute atomic E-state index is 13.0. The Bertz CT molecular complexity index is 732. The molecule has 1 aliphatic carbocycles. The van der Waals surface area contributed by atoms with Crippen LogP contribution < -0.4 is 0 Å². The second-order valence-corrected chi connectivity index (χ2v) is 9.30. The highest BCUT2D eigenvalue weighted by Crippen LogP contribution is 2.36. The van der Waals surface area contributed by atoms with Crippen LogP contribution in [0.15, 0.2) is 24.3 Å². The molecule has 0 spiro atoms. The van der Waals surface area contributed by atoms with Gasteiger partial charge in [0, 0.05) is 20.1 Å². The van der Waals surface area contributed by atoms with Crippen LogP contribution >= 0.6 is 0 Å². The van der Waals surface area contributed by atoms with Gasteiger partial charge in [0.25, 0.3) is 0 Å². The summed E-state index contributed by atoms with van der Waals surface area (Å²) in [5.74, 6) is 0.0241. The van der Waals surface area contributed by atoms with Crippen molar-refractivity contribution in [3.63, 3.8) is 0 Å². The van der Waals surface area contributed by atoms with Crippen LogP contribution in [0.1, 0.15) is 49.8 Å². The van der Waals surface area contributed by atoms with E-state index in [0.717, 1.165) is 25.7 Å². The number of rotatable bonds is 5. The van der Waals surface area contributed by atoms with Crippen molar-refractivity contribution >= 4 is 15.9 Å². The number of hydrogen-bond donors (Lipinski definition) is 0. The van der Waals surface area contributed by atoms with Crippen molar-refractivity contribution in [2.24, 2.45) is 5.92 Å². The van der Waals surface area contributed by atoms with Gasteiger partial charge in [0.1, 0.15) is 0 Å². The summed E-state index contributed by atoms with van der Waals surface area (Å²) in [4.78, 5) is 14.9. The zero-order valence-corrected chi connectivity index (χ0v) is 16.0. The van der Waals surface area contributed by atoms with Gasteiger partial charge in [-0.15, -0.1) is 0 Å². The van der Waals surface area contributed by atoms with Gasteiger partial charge in [-0.2, -0.15) is 0 Å². The Morgan fingerprint density at radius 2 is 2.04 bits per heavy atom. The van der Waals surface area contributed by atoms with E-state index in [-0.39, 0.29) is 23.6 Å². The van der Waals surface area contributed by atoms with Gasteiger partial charge in [0.05, 0.1) is 17.7 Å². The van der Waals surface area contributed by atoms with Gasteiger partial charge in [-0.3, -0.25) is 4.79 Å². The predicted molar refractivity (Wildman–Crippen MR) is 98.6 cm³/mol. The van der Waals surface area contributed by atoms with Crippen molar-refractivity contribution in [2.75, 3.05) is 25.9 Å². The van der Waals surface area contributed by atoms with E-state index in [0.29, 0.717) is 19.5 Å². The van der Waals surface area contributed by atoms with Crippen LogP contribution in [-0.2, 0) is 21.2 Å².